The molecule has 0 saturated carbocycles. The van der Waals surface area contributed by atoms with E-state index in [-0.39, 0.29) is 17.6 Å². The van der Waals surface area contributed by atoms with Crippen molar-refractivity contribution in [3.05, 3.63) is 64.5 Å². The summed E-state index contributed by atoms with van der Waals surface area (Å²) >= 11 is 0. The van der Waals surface area contributed by atoms with Crippen molar-refractivity contribution in [1.82, 2.24) is 4.98 Å². The van der Waals surface area contributed by atoms with Crippen molar-refractivity contribution < 1.29 is 23.0 Å². The van der Waals surface area contributed by atoms with Crippen molar-refractivity contribution in [2.24, 2.45) is 4.99 Å². The van der Waals surface area contributed by atoms with E-state index in [9.17, 15) is 18.3 Å². The highest BCUT2D eigenvalue weighted by atomic mass is 19.4. The van der Waals surface area contributed by atoms with E-state index in [0.717, 1.165) is 0 Å². The first kappa shape index (κ1) is 19.0. The molecule has 2 aromatic rings. The second kappa shape index (κ2) is 6.36. The van der Waals surface area contributed by atoms with Gasteiger partial charge in [0.1, 0.15) is 5.75 Å². The van der Waals surface area contributed by atoms with Crippen LogP contribution in [0.25, 0.3) is 10.9 Å². The highest BCUT2D eigenvalue weighted by molar-refractivity contribution is 6.09. The number of aliphatic imine (C=N–C) groups is 1. The first-order valence-electron chi connectivity index (χ1n) is 8.76. The molecule has 1 atom stereocenters. The minimum absolute atomic E-state index is 0.0878. The first-order chi connectivity index (χ1) is 13.7. The Morgan fingerprint density at radius 2 is 2.07 bits per heavy atom. The van der Waals surface area contributed by atoms with Crippen LogP contribution >= 0.6 is 0 Å². The Bertz CT molecular complexity index is 1190. The molecule has 5 nitrogen and oxygen atoms in total. The number of halogens is 3. The zero-order valence-electron chi connectivity index (χ0n) is 15.6. The third kappa shape index (κ3) is 2.69. The summed E-state index contributed by atoms with van der Waals surface area (Å²) in [4.78, 5) is 6.99. The summed E-state index contributed by atoms with van der Waals surface area (Å²) in [6.45, 7) is 1.74. The van der Waals surface area contributed by atoms with Gasteiger partial charge in [-0.2, -0.15) is 18.4 Å². The topological polar surface area (TPSA) is 81.4 Å². The number of methoxy groups -OCH3 is 1. The molecule has 29 heavy (non-hydrogen) atoms. The second-order valence-corrected chi connectivity index (χ2v) is 6.94. The van der Waals surface area contributed by atoms with E-state index < -0.39 is 23.1 Å². The number of aromatic amines is 1. The van der Waals surface area contributed by atoms with Crippen LogP contribution in [-0.2, 0) is 5.60 Å². The number of H-pyrrole nitrogens is 1. The second-order valence-electron chi connectivity index (χ2n) is 6.94. The van der Waals surface area contributed by atoms with Crippen LogP contribution in [-0.4, -0.2) is 29.1 Å². The lowest BCUT2D eigenvalue weighted by Crippen LogP contribution is -2.48. The number of alkyl halides is 3. The van der Waals surface area contributed by atoms with Gasteiger partial charge in [-0.15, -0.1) is 0 Å². The molecule has 0 bridgehead atoms. The SMILES string of the molecule is COc1cc(C)c2[nH]ccc2c1C(O)(C1=NC2=CC=C(C#N)CC2=C1)C(F)(F)F. The van der Waals surface area contributed by atoms with Crippen LogP contribution in [0.4, 0.5) is 13.2 Å². The maximum atomic E-state index is 14.4. The van der Waals surface area contributed by atoms with Gasteiger partial charge in [0.15, 0.2) is 0 Å². The summed E-state index contributed by atoms with van der Waals surface area (Å²) in [6.07, 6.45) is 0.806. The summed E-state index contributed by atoms with van der Waals surface area (Å²) in [5.74, 6) is -0.0878. The number of allylic oxidation sites excluding steroid dienone is 4. The molecule has 1 unspecified atom stereocenters. The number of benzene rings is 1. The number of aliphatic hydroxyl groups is 1. The predicted octanol–water partition coefficient (Wildman–Crippen LogP) is 4.35. The molecule has 2 aliphatic rings. The Balaban J connectivity index is 1.99. The van der Waals surface area contributed by atoms with Gasteiger partial charge in [0, 0.05) is 29.1 Å². The van der Waals surface area contributed by atoms with Crippen molar-refractivity contribution in [3.63, 3.8) is 0 Å². The molecule has 2 heterocycles. The van der Waals surface area contributed by atoms with Crippen LogP contribution in [0.5, 0.6) is 5.75 Å². The Labute approximate surface area is 164 Å². The molecule has 1 aliphatic heterocycles. The standard InChI is InChI=1S/C21H16F3N3O2/c1-11-7-16(29-2)18(14-5-6-26-19(11)14)20(28,21(22,23)24)17-9-13-8-12(10-25)3-4-15(13)27-17/h3-7,9,26,28H,8H2,1-2H3. The van der Waals surface area contributed by atoms with Crippen LogP contribution in [0.2, 0.25) is 0 Å². The Hall–Kier alpha value is -3.31. The number of ether oxygens (including phenoxy) is 1. The Kier molecular flexibility index (Phi) is 4.17. The summed E-state index contributed by atoms with van der Waals surface area (Å²) in [6, 6.07) is 4.92. The van der Waals surface area contributed by atoms with Gasteiger partial charge in [-0.25, -0.2) is 4.99 Å². The zero-order valence-corrected chi connectivity index (χ0v) is 15.6. The summed E-state index contributed by atoms with van der Waals surface area (Å²) < 4.78 is 48.4. The number of aryl methyl sites for hydroxylation is 1. The molecule has 148 valence electrons. The summed E-state index contributed by atoms with van der Waals surface area (Å²) in [7, 11) is 1.26. The fraction of sp³-hybridized carbons (Fsp3) is 0.238. The van der Waals surface area contributed by atoms with Gasteiger partial charge >= 0.3 is 6.18 Å². The van der Waals surface area contributed by atoms with Crippen molar-refractivity contribution in [2.45, 2.75) is 25.1 Å². The zero-order chi connectivity index (χ0) is 21.0. The van der Waals surface area contributed by atoms with Crippen LogP contribution in [0.1, 0.15) is 17.5 Å². The van der Waals surface area contributed by atoms with E-state index in [4.69, 9.17) is 10.00 Å². The summed E-state index contributed by atoms with van der Waals surface area (Å²) in [5.41, 5.74) is -2.05. The molecule has 0 saturated heterocycles. The van der Waals surface area contributed by atoms with Crippen LogP contribution in [0, 0.1) is 18.3 Å². The van der Waals surface area contributed by atoms with E-state index in [2.05, 4.69) is 9.98 Å². The first-order valence-corrected chi connectivity index (χ1v) is 8.76. The highest BCUT2D eigenvalue weighted by Crippen LogP contribution is 2.49. The average Bonchev–Trinajstić information content (AvgIpc) is 3.33. The number of rotatable bonds is 3. The lowest BCUT2D eigenvalue weighted by atomic mass is 9.83. The maximum absolute atomic E-state index is 14.4. The number of hydrogen-bond acceptors (Lipinski definition) is 4. The lowest BCUT2D eigenvalue weighted by molar-refractivity contribution is -0.235. The number of nitriles is 1. The third-order valence-corrected chi connectivity index (χ3v) is 5.22. The lowest BCUT2D eigenvalue weighted by Gasteiger charge is -2.32. The molecule has 2 N–H and O–H groups in total. The highest BCUT2D eigenvalue weighted by Gasteiger charge is 2.61. The predicted molar refractivity (Wildman–Crippen MR) is 101 cm³/mol. The number of nitrogens with one attached hydrogen (secondary N) is 1. The molecular weight excluding hydrogens is 383 g/mol. The molecular formula is C21H16F3N3O2. The fourth-order valence-corrected chi connectivity index (χ4v) is 3.79. The van der Waals surface area contributed by atoms with Gasteiger partial charge < -0.3 is 14.8 Å². The van der Waals surface area contributed by atoms with Crippen molar-refractivity contribution in [3.8, 4) is 11.8 Å². The molecule has 0 radical (unpaired) electrons. The number of hydrogen-bond donors (Lipinski definition) is 2. The smallest absolute Gasteiger partial charge is 0.427 e. The normalized spacial score (nSPS) is 18.2. The van der Waals surface area contributed by atoms with Crippen LogP contribution in [0.3, 0.4) is 0 Å². The minimum Gasteiger partial charge on any atom is -0.496 e. The maximum Gasteiger partial charge on any atom is 0.427 e. The van der Waals surface area contributed by atoms with Crippen molar-refractivity contribution in [2.75, 3.05) is 7.11 Å². The molecule has 1 aromatic carbocycles. The molecule has 8 heteroatoms. The van der Waals surface area contributed by atoms with E-state index >= 15 is 0 Å². The van der Waals surface area contributed by atoms with Gasteiger partial charge in [0.05, 0.1) is 30.2 Å². The van der Waals surface area contributed by atoms with E-state index in [0.29, 0.717) is 27.9 Å². The average molecular weight is 399 g/mol. The molecule has 0 amide bonds. The minimum atomic E-state index is -5.07. The third-order valence-electron chi connectivity index (χ3n) is 5.22. The number of fused-ring (bicyclic) bond motifs is 2. The Morgan fingerprint density at radius 3 is 2.72 bits per heavy atom. The van der Waals surface area contributed by atoms with E-state index in [1.54, 1.807) is 6.92 Å². The molecule has 0 fully saturated rings. The van der Waals surface area contributed by atoms with Gasteiger partial charge in [-0.3, -0.25) is 0 Å². The van der Waals surface area contributed by atoms with E-state index in [1.807, 2.05) is 6.07 Å². The number of aromatic nitrogens is 1. The largest absolute Gasteiger partial charge is 0.496 e. The van der Waals surface area contributed by atoms with Gasteiger partial charge in [-0.05, 0) is 48.4 Å². The summed E-state index contributed by atoms with van der Waals surface area (Å²) in [5, 5.41) is 20.5. The number of nitrogens with zero attached hydrogens (tertiary/aromatic N) is 2. The van der Waals surface area contributed by atoms with Crippen LogP contribution in [0.15, 0.2) is 58.4 Å². The van der Waals surface area contributed by atoms with Gasteiger partial charge in [0.2, 0.25) is 5.60 Å². The van der Waals surface area contributed by atoms with Gasteiger partial charge in [-0.1, -0.05) is 0 Å². The monoisotopic (exact) mass is 399 g/mol. The Morgan fingerprint density at radius 1 is 1.31 bits per heavy atom. The van der Waals surface area contributed by atoms with Gasteiger partial charge in [0.25, 0.3) is 0 Å². The fourth-order valence-electron chi connectivity index (χ4n) is 3.79. The molecule has 0 spiro atoms. The van der Waals surface area contributed by atoms with Crippen molar-refractivity contribution >= 4 is 16.6 Å². The van der Waals surface area contributed by atoms with E-state index in [1.165, 1.54) is 43.7 Å². The quantitative estimate of drug-likeness (QED) is 0.805. The van der Waals surface area contributed by atoms with Crippen LogP contribution < -0.4 is 4.74 Å². The molecule has 1 aromatic heterocycles. The molecule has 1 aliphatic carbocycles. The van der Waals surface area contributed by atoms with Crippen molar-refractivity contribution in [1.29, 1.82) is 5.26 Å². The molecule has 4 rings (SSSR count).